The molecule has 0 aromatic heterocycles. The second-order valence-corrected chi connectivity index (χ2v) is 3.36. The van der Waals surface area contributed by atoms with Crippen molar-refractivity contribution in [3.05, 3.63) is 0 Å². The van der Waals surface area contributed by atoms with Crippen LogP contribution in [0.1, 0.15) is 33.1 Å². The van der Waals surface area contributed by atoms with Gasteiger partial charge >= 0.3 is 6.18 Å². The summed E-state index contributed by atoms with van der Waals surface area (Å²) in [6.45, 7) is 5.79. The monoisotopic (exact) mass is 367 g/mol. The molecular weight excluding hydrogens is 346 g/mol. The van der Waals surface area contributed by atoms with E-state index in [0.29, 0.717) is 18.9 Å². The van der Waals surface area contributed by atoms with Crippen LogP contribution in [0.25, 0.3) is 0 Å². The minimum Gasteiger partial charge on any atom is -0.357 e. The molecule has 17 heavy (non-hydrogen) atoms. The minimum atomic E-state index is -4.05. The van der Waals surface area contributed by atoms with Gasteiger partial charge in [0.1, 0.15) is 0 Å². The lowest BCUT2D eigenvalue weighted by Gasteiger charge is -2.09. The molecule has 0 aromatic rings. The first-order chi connectivity index (χ1) is 7.49. The zero-order valence-corrected chi connectivity index (χ0v) is 12.6. The van der Waals surface area contributed by atoms with Crippen LogP contribution in [-0.4, -0.2) is 31.8 Å². The van der Waals surface area contributed by atoms with E-state index in [1.54, 1.807) is 0 Å². The van der Waals surface area contributed by atoms with E-state index in [1.807, 2.05) is 13.8 Å². The van der Waals surface area contributed by atoms with Crippen LogP contribution in [-0.2, 0) is 0 Å². The van der Waals surface area contributed by atoms with Gasteiger partial charge in [0.25, 0.3) is 0 Å². The molecule has 0 fully saturated rings. The summed E-state index contributed by atoms with van der Waals surface area (Å²) in [7, 11) is 0. The van der Waals surface area contributed by atoms with Gasteiger partial charge in [0, 0.05) is 26.1 Å². The Balaban J connectivity index is 0. The van der Waals surface area contributed by atoms with Gasteiger partial charge < -0.3 is 10.6 Å². The lowest BCUT2D eigenvalue weighted by atomic mass is 10.2. The number of guanidine groups is 1. The molecule has 0 bridgehead atoms. The predicted octanol–water partition coefficient (Wildman–Crippen LogP) is 2.91. The molecule has 0 heterocycles. The van der Waals surface area contributed by atoms with Crippen molar-refractivity contribution in [2.75, 3.05) is 19.6 Å². The Hall–Kier alpha value is -0.210. The third-order valence-electron chi connectivity index (χ3n) is 1.83. The highest BCUT2D eigenvalue weighted by Gasteiger charge is 2.25. The third kappa shape index (κ3) is 13.7. The molecule has 0 aliphatic heterocycles. The van der Waals surface area contributed by atoms with Gasteiger partial charge in [-0.15, -0.1) is 24.0 Å². The summed E-state index contributed by atoms with van der Waals surface area (Å²) in [5, 5.41) is 6.01. The van der Waals surface area contributed by atoms with E-state index >= 15 is 0 Å². The van der Waals surface area contributed by atoms with Crippen molar-refractivity contribution in [2.24, 2.45) is 4.99 Å². The zero-order valence-electron chi connectivity index (χ0n) is 10.2. The highest BCUT2D eigenvalue weighted by Crippen LogP contribution is 2.21. The normalized spacial score (nSPS) is 10.4. The topological polar surface area (TPSA) is 36.4 Å². The van der Waals surface area contributed by atoms with Gasteiger partial charge in [-0.3, -0.25) is 4.99 Å². The van der Waals surface area contributed by atoms with Crippen LogP contribution in [0.15, 0.2) is 4.99 Å². The molecule has 0 aliphatic carbocycles. The van der Waals surface area contributed by atoms with Crippen molar-refractivity contribution in [1.82, 2.24) is 10.6 Å². The summed E-state index contributed by atoms with van der Waals surface area (Å²) in [6, 6.07) is 0. The van der Waals surface area contributed by atoms with E-state index in [-0.39, 0.29) is 30.4 Å². The van der Waals surface area contributed by atoms with Gasteiger partial charge in [-0.2, -0.15) is 13.2 Å². The average Bonchev–Trinajstić information content (AvgIpc) is 2.16. The summed E-state index contributed by atoms with van der Waals surface area (Å²) >= 11 is 0. The number of nitrogens with one attached hydrogen (secondary N) is 2. The van der Waals surface area contributed by atoms with Gasteiger partial charge in [-0.1, -0.05) is 0 Å². The zero-order chi connectivity index (χ0) is 12.4. The first-order valence-corrected chi connectivity index (χ1v) is 5.58. The van der Waals surface area contributed by atoms with Crippen molar-refractivity contribution in [3.63, 3.8) is 0 Å². The lowest BCUT2D eigenvalue weighted by molar-refractivity contribution is -0.135. The van der Waals surface area contributed by atoms with E-state index in [4.69, 9.17) is 0 Å². The first-order valence-electron chi connectivity index (χ1n) is 5.58. The molecule has 0 atom stereocenters. The fourth-order valence-corrected chi connectivity index (χ4v) is 1.14. The lowest BCUT2D eigenvalue weighted by Crippen LogP contribution is -2.37. The van der Waals surface area contributed by atoms with E-state index in [2.05, 4.69) is 15.6 Å². The maximum atomic E-state index is 11.8. The number of unbranched alkanes of at least 4 members (excludes halogenated alkanes) is 1. The molecule has 7 heteroatoms. The Morgan fingerprint density at radius 3 is 2.00 bits per heavy atom. The van der Waals surface area contributed by atoms with Crippen molar-refractivity contribution >= 4 is 29.9 Å². The van der Waals surface area contributed by atoms with Crippen molar-refractivity contribution < 1.29 is 13.2 Å². The van der Waals surface area contributed by atoms with Crippen LogP contribution < -0.4 is 10.6 Å². The van der Waals surface area contributed by atoms with Crippen molar-refractivity contribution in [2.45, 2.75) is 39.3 Å². The molecule has 0 rings (SSSR count). The summed E-state index contributed by atoms with van der Waals surface area (Å²) < 4.78 is 35.5. The maximum absolute atomic E-state index is 11.8. The van der Waals surface area contributed by atoms with Crippen molar-refractivity contribution in [3.8, 4) is 0 Å². The third-order valence-corrected chi connectivity index (χ3v) is 1.83. The number of aliphatic imine (C=N–C) groups is 1. The van der Waals surface area contributed by atoms with Crippen LogP contribution in [0.5, 0.6) is 0 Å². The second-order valence-electron chi connectivity index (χ2n) is 3.36. The van der Waals surface area contributed by atoms with Gasteiger partial charge in [0.05, 0.1) is 0 Å². The molecule has 0 aromatic carbocycles. The Kier molecular flexibility index (Phi) is 12.3. The highest BCUT2D eigenvalue weighted by atomic mass is 127. The Labute approximate surface area is 118 Å². The number of hydrogen-bond donors (Lipinski definition) is 2. The van der Waals surface area contributed by atoms with Crippen LogP contribution in [0.2, 0.25) is 0 Å². The molecule has 0 unspecified atom stereocenters. The van der Waals surface area contributed by atoms with E-state index in [1.165, 1.54) is 0 Å². The molecule has 0 spiro atoms. The molecule has 0 amide bonds. The number of hydrogen-bond acceptors (Lipinski definition) is 1. The largest absolute Gasteiger partial charge is 0.389 e. The fourth-order valence-electron chi connectivity index (χ4n) is 1.14. The van der Waals surface area contributed by atoms with E-state index < -0.39 is 12.6 Å². The summed E-state index contributed by atoms with van der Waals surface area (Å²) in [6.07, 6.45) is -4.17. The van der Waals surface area contributed by atoms with Gasteiger partial charge in [0.2, 0.25) is 0 Å². The summed E-state index contributed by atoms with van der Waals surface area (Å²) in [5.41, 5.74) is 0. The minimum absolute atomic E-state index is 0. The number of nitrogens with zero attached hydrogens (tertiary/aromatic N) is 1. The molecular formula is C10H21F3IN3. The van der Waals surface area contributed by atoms with Crippen LogP contribution in [0.4, 0.5) is 13.2 Å². The molecule has 0 saturated carbocycles. The smallest absolute Gasteiger partial charge is 0.357 e. The second kappa shape index (κ2) is 10.9. The molecule has 104 valence electrons. The summed E-state index contributed by atoms with van der Waals surface area (Å²) in [5.74, 6) is 0.664. The maximum Gasteiger partial charge on any atom is 0.389 e. The fraction of sp³-hybridized carbons (Fsp3) is 0.900. The van der Waals surface area contributed by atoms with Gasteiger partial charge in [-0.05, 0) is 26.7 Å². The Morgan fingerprint density at radius 2 is 1.59 bits per heavy atom. The first kappa shape index (κ1) is 19.1. The number of rotatable bonds is 6. The van der Waals surface area contributed by atoms with Crippen LogP contribution in [0, 0.1) is 0 Å². The number of alkyl halides is 3. The van der Waals surface area contributed by atoms with E-state index in [9.17, 15) is 13.2 Å². The SMILES string of the molecule is CCNC(=NCCCCC(F)(F)F)NCC.I. The molecule has 0 saturated heterocycles. The van der Waals surface area contributed by atoms with Crippen molar-refractivity contribution in [1.29, 1.82) is 0 Å². The van der Waals surface area contributed by atoms with Gasteiger partial charge in [0.15, 0.2) is 5.96 Å². The molecule has 2 N–H and O–H groups in total. The standard InChI is InChI=1S/C10H20F3N3.HI/c1-3-14-9(15-4-2)16-8-6-5-7-10(11,12)13;/h3-8H2,1-2H3,(H2,14,15,16);1H. The Morgan fingerprint density at radius 1 is 1.06 bits per heavy atom. The quantitative estimate of drug-likeness (QED) is 0.328. The highest BCUT2D eigenvalue weighted by molar-refractivity contribution is 14.0. The molecule has 0 aliphatic rings. The van der Waals surface area contributed by atoms with Crippen LogP contribution >= 0.6 is 24.0 Å². The summed E-state index contributed by atoms with van der Waals surface area (Å²) in [4.78, 5) is 4.15. The molecule has 0 radical (unpaired) electrons. The average molecular weight is 367 g/mol. The molecule has 3 nitrogen and oxygen atoms in total. The van der Waals surface area contributed by atoms with Gasteiger partial charge in [-0.25, -0.2) is 0 Å². The van der Waals surface area contributed by atoms with E-state index in [0.717, 1.165) is 13.1 Å². The van der Waals surface area contributed by atoms with Crippen LogP contribution in [0.3, 0.4) is 0 Å². The number of halogens is 4. The predicted molar refractivity (Wildman–Crippen MR) is 75.0 cm³/mol. The Bertz CT molecular complexity index is 199.